The molecule has 0 unspecified atom stereocenters. The number of hydrogen-bond donors (Lipinski definition) is 1. The highest BCUT2D eigenvalue weighted by Crippen LogP contribution is 2.34. The van der Waals surface area contributed by atoms with Crippen molar-refractivity contribution in [1.82, 2.24) is 19.7 Å². The Morgan fingerprint density at radius 3 is 2.29 bits per heavy atom. The molecule has 12 heteroatoms. The zero-order valence-electron chi connectivity index (χ0n) is 16.9. The molecule has 0 radical (unpaired) electrons. The third-order valence-corrected chi connectivity index (χ3v) is 4.63. The van der Waals surface area contributed by atoms with Crippen molar-refractivity contribution < 1.29 is 31.1 Å². The number of rotatable bonds is 4. The van der Waals surface area contributed by atoms with Crippen molar-refractivity contribution >= 4 is 11.6 Å². The van der Waals surface area contributed by atoms with E-state index in [1.165, 1.54) is 30.6 Å². The zero-order valence-corrected chi connectivity index (χ0v) is 16.9. The number of carbonyl (C=O) groups excluding carboxylic acids is 1. The van der Waals surface area contributed by atoms with Crippen LogP contribution < -0.4 is 5.32 Å². The Morgan fingerprint density at radius 2 is 1.68 bits per heavy atom. The van der Waals surface area contributed by atoms with Gasteiger partial charge in [0.2, 0.25) is 0 Å². The maximum atomic E-state index is 13.6. The molecule has 0 spiro atoms. The van der Waals surface area contributed by atoms with Gasteiger partial charge in [-0.15, -0.1) is 0 Å². The Morgan fingerprint density at radius 1 is 0.882 bits per heavy atom. The Hall–Kier alpha value is -4.22. The molecule has 0 saturated carbocycles. The molecule has 1 N–H and O–H groups in total. The molecule has 0 atom stereocenters. The first kappa shape index (κ1) is 23.0. The van der Waals surface area contributed by atoms with E-state index in [9.17, 15) is 31.1 Å². The van der Waals surface area contributed by atoms with Gasteiger partial charge in [0.25, 0.3) is 5.91 Å². The molecule has 0 aliphatic rings. The fraction of sp³-hybridized carbons (Fsp3) is 0.0909. The third kappa shape index (κ3) is 4.90. The summed E-state index contributed by atoms with van der Waals surface area (Å²) in [5.41, 5.74) is -1.83. The van der Waals surface area contributed by atoms with Crippen molar-refractivity contribution in [3.05, 3.63) is 90.0 Å². The van der Waals surface area contributed by atoms with Crippen LogP contribution in [0, 0.1) is 0 Å². The molecule has 3 heterocycles. The van der Waals surface area contributed by atoms with Gasteiger partial charge in [-0.25, -0.2) is 9.67 Å². The number of amides is 1. The molecule has 0 aliphatic heterocycles. The molecule has 4 rings (SSSR count). The van der Waals surface area contributed by atoms with Crippen LogP contribution in [0.1, 0.15) is 21.6 Å². The number of nitrogens with one attached hydrogen (secondary N) is 1. The average molecular weight is 477 g/mol. The number of carbonyl (C=O) groups is 1. The highest BCUT2D eigenvalue weighted by atomic mass is 19.4. The second-order valence-electron chi connectivity index (χ2n) is 7.00. The second-order valence-corrected chi connectivity index (χ2v) is 7.00. The van der Waals surface area contributed by atoms with Gasteiger partial charge in [0.15, 0.2) is 11.5 Å². The minimum absolute atomic E-state index is 0.0316. The summed E-state index contributed by atoms with van der Waals surface area (Å²) in [6.07, 6.45) is -5.43. The molecule has 6 nitrogen and oxygen atoms in total. The number of alkyl halides is 6. The SMILES string of the molecule is O=C(Nc1ccc(-n2nc(-c3cccnc3)cc2C(F)(F)F)nc1)c1cccc(C(F)(F)F)c1. The smallest absolute Gasteiger partial charge is 0.321 e. The number of hydrogen-bond acceptors (Lipinski definition) is 4. The Kier molecular flexibility index (Phi) is 5.82. The molecular weight excluding hydrogens is 464 g/mol. The monoisotopic (exact) mass is 477 g/mol. The van der Waals surface area contributed by atoms with Crippen LogP contribution in [0.4, 0.5) is 32.0 Å². The van der Waals surface area contributed by atoms with Crippen molar-refractivity contribution in [2.24, 2.45) is 0 Å². The van der Waals surface area contributed by atoms with Crippen LogP contribution in [0.25, 0.3) is 17.1 Å². The molecule has 1 amide bonds. The summed E-state index contributed by atoms with van der Waals surface area (Å²) in [5.74, 6) is -1.02. The molecule has 0 bridgehead atoms. The van der Waals surface area contributed by atoms with E-state index in [1.807, 2.05) is 0 Å². The summed E-state index contributed by atoms with van der Waals surface area (Å²) >= 11 is 0. The first-order chi connectivity index (χ1) is 16.0. The standard InChI is InChI=1S/C22H13F6N5O/c23-21(24,25)15-5-1-3-13(9-15)20(34)31-16-6-7-19(30-12-16)33-18(22(26,27)28)10-17(32-33)14-4-2-8-29-11-14/h1-12H,(H,31,34). The lowest BCUT2D eigenvalue weighted by Gasteiger charge is -2.11. The van der Waals surface area contributed by atoms with Crippen molar-refractivity contribution in [3.63, 3.8) is 0 Å². The zero-order chi connectivity index (χ0) is 24.5. The summed E-state index contributed by atoms with van der Waals surface area (Å²) < 4.78 is 79.9. The van der Waals surface area contributed by atoms with E-state index in [0.29, 0.717) is 16.3 Å². The molecule has 4 aromatic rings. The molecule has 0 aliphatic carbocycles. The number of pyridine rings is 2. The normalized spacial score (nSPS) is 11.9. The van der Waals surface area contributed by atoms with Gasteiger partial charge in [-0.1, -0.05) is 6.07 Å². The van der Waals surface area contributed by atoms with E-state index in [-0.39, 0.29) is 22.8 Å². The quantitative estimate of drug-likeness (QED) is 0.388. The largest absolute Gasteiger partial charge is 0.433 e. The van der Waals surface area contributed by atoms with Crippen molar-refractivity contribution in [3.8, 4) is 17.1 Å². The molecule has 174 valence electrons. The van der Waals surface area contributed by atoms with Gasteiger partial charge >= 0.3 is 12.4 Å². The van der Waals surface area contributed by atoms with Crippen molar-refractivity contribution in [2.45, 2.75) is 12.4 Å². The highest BCUT2D eigenvalue weighted by molar-refractivity contribution is 6.04. The third-order valence-electron chi connectivity index (χ3n) is 4.63. The van der Waals surface area contributed by atoms with Crippen LogP contribution in [0.2, 0.25) is 0 Å². The summed E-state index contributed by atoms with van der Waals surface area (Å²) in [6.45, 7) is 0. The lowest BCUT2D eigenvalue weighted by Crippen LogP contribution is -2.15. The van der Waals surface area contributed by atoms with Crippen LogP contribution in [0.15, 0.2) is 73.2 Å². The fourth-order valence-electron chi connectivity index (χ4n) is 3.04. The molecule has 3 aromatic heterocycles. The van der Waals surface area contributed by atoms with E-state index in [4.69, 9.17) is 0 Å². The van der Waals surface area contributed by atoms with Crippen LogP contribution in [0.3, 0.4) is 0 Å². The summed E-state index contributed by atoms with van der Waals surface area (Å²) in [4.78, 5) is 20.1. The summed E-state index contributed by atoms with van der Waals surface area (Å²) in [5, 5.41) is 6.35. The number of anilines is 1. The van der Waals surface area contributed by atoms with E-state index in [0.717, 1.165) is 24.4 Å². The number of halogens is 6. The molecule has 0 fully saturated rings. The highest BCUT2D eigenvalue weighted by Gasteiger charge is 2.37. The van der Waals surface area contributed by atoms with Gasteiger partial charge in [-0.2, -0.15) is 31.4 Å². The maximum absolute atomic E-state index is 13.6. The molecular formula is C22H13F6N5O. The van der Waals surface area contributed by atoms with Crippen LogP contribution >= 0.6 is 0 Å². The predicted molar refractivity (Wildman–Crippen MR) is 109 cm³/mol. The lowest BCUT2D eigenvalue weighted by molar-refractivity contribution is -0.143. The molecule has 0 saturated heterocycles. The minimum atomic E-state index is -4.73. The maximum Gasteiger partial charge on any atom is 0.433 e. The van der Waals surface area contributed by atoms with Gasteiger partial charge in [0.1, 0.15) is 0 Å². The number of aromatic nitrogens is 4. The Bertz CT molecular complexity index is 1310. The Labute approximate surface area is 187 Å². The van der Waals surface area contributed by atoms with E-state index >= 15 is 0 Å². The number of nitrogens with zero attached hydrogens (tertiary/aromatic N) is 4. The van der Waals surface area contributed by atoms with Gasteiger partial charge in [0, 0.05) is 23.5 Å². The first-order valence-electron chi connectivity index (χ1n) is 9.55. The molecule has 34 heavy (non-hydrogen) atoms. The van der Waals surface area contributed by atoms with Crippen LogP contribution in [0.5, 0.6) is 0 Å². The minimum Gasteiger partial charge on any atom is -0.321 e. The summed E-state index contributed by atoms with van der Waals surface area (Å²) in [7, 11) is 0. The lowest BCUT2D eigenvalue weighted by atomic mass is 10.1. The van der Waals surface area contributed by atoms with E-state index in [1.54, 1.807) is 12.1 Å². The molecule has 1 aromatic carbocycles. The van der Waals surface area contributed by atoms with Crippen LogP contribution in [-0.2, 0) is 12.4 Å². The van der Waals surface area contributed by atoms with Crippen LogP contribution in [-0.4, -0.2) is 25.7 Å². The van der Waals surface area contributed by atoms with Gasteiger partial charge in [-0.3, -0.25) is 9.78 Å². The van der Waals surface area contributed by atoms with Gasteiger partial charge in [0.05, 0.1) is 23.1 Å². The second kappa shape index (κ2) is 8.61. The van der Waals surface area contributed by atoms with Crippen molar-refractivity contribution in [1.29, 1.82) is 0 Å². The first-order valence-corrected chi connectivity index (χ1v) is 9.55. The predicted octanol–water partition coefficient (Wildman–Crippen LogP) is 5.62. The van der Waals surface area contributed by atoms with Gasteiger partial charge in [-0.05, 0) is 48.5 Å². The van der Waals surface area contributed by atoms with E-state index < -0.39 is 29.5 Å². The van der Waals surface area contributed by atoms with E-state index in [2.05, 4.69) is 20.4 Å². The van der Waals surface area contributed by atoms with Crippen molar-refractivity contribution in [2.75, 3.05) is 5.32 Å². The average Bonchev–Trinajstić information content (AvgIpc) is 3.26. The number of benzene rings is 1. The summed E-state index contributed by atoms with van der Waals surface area (Å²) in [6, 6.07) is 10.2. The Balaban J connectivity index is 1.60. The fourth-order valence-corrected chi connectivity index (χ4v) is 3.04. The topological polar surface area (TPSA) is 72.7 Å². The van der Waals surface area contributed by atoms with Gasteiger partial charge < -0.3 is 5.32 Å².